The van der Waals surface area contributed by atoms with Crippen LogP contribution in [0.5, 0.6) is 5.75 Å². The van der Waals surface area contributed by atoms with Crippen molar-refractivity contribution in [2.75, 3.05) is 6.61 Å². The highest BCUT2D eigenvalue weighted by Gasteiger charge is 2.12. The Hall–Kier alpha value is -1.43. The SMILES string of the molecule is CCCCOP(=O)([O-])Oc1ccc([N+](=O)[O-])cc1. The highest BCUT2D eigenvalue weighted by Crippen LogP contribution is 2.39. The first-order valence-electron chi connectivity index (χ1n) is 5.34. The van der Waals surface area contributed by atoms with Crippen molar-refractivity contribution in [2.24, 2.45) is 0 Å². The Morgan fingerprint density at radius 2 is 1.94 bits per heavy atom. The first kappa shape index (κ1) is 14.6. The summed E-state index contributed by atoms with van der Waals surface area (Å²) >= 11 is 0. The van der Waals surface area contributed by atoms with Gasteiger partial charge in [-0.25, -0.2) is 0 Å². The normalized spacial score (nSPS) is 13.9. The Labute approximate surface area is 104 Å². The van der Waals surface area contributed by atoms with Crippen LogP contribution < -0.4 is 9.42 Å². The Morgan fingerprint density at radius 1 is 1.33 bits per heavy atom. The number of rotatable bonds is 7. The van der Waals surface area contributed by atoms with Crippen LogP contribution in [-0.2, 0) is 9.09 Å². The predicted molar refractivity (Wildman–Crippen MR) is 62.2 cm³/mol. The maximum absolute atomic E-state index is 11.3. The first-order chi connectivity index (χ1) is 8.44. The molecule has 0 amide bonds. The van der Waals surface area contributed by atoms with Gasteiger partial charge in [-0.05, 0) is 18.6 Å². The number of hydrogen-bond donors (Lipinski definition) is 0. The van der Waals surface area contributed by atoms with Crippen LogP contribution in [0.2, 0.25) is 0 Å². The van der Waals surface area contributed by atoms with Gasteiger partial charge in [0.1, 0.15) is 5.75 Å². The van der Waals surface area contributed by atoms with E-state index < -0.39 is 12.7 Å². The number of hydrogen-bond acceptors (Lipinski definition) is 6. The lowest BCUT2D eigenvalue weighted by molar-refractivity contribution is -0.384. The molecule has 1 atom stereocenters. The summed E-state index contributed by atoms with van der Waals surface area (Å²) in [6.07, 6.45) is 1.41. The second kappa shape index (κ2) is 6.49. The maximum Gasteiger partial charge on any atom is 0.319 e. The summed E-state index contributed by atoms with van der Waals surface area (Å²) in [6, 6.07) is 4.71. The van der Waals surface area contributed by atoms with E-state index in [1.807, 2.05) is 6.92 Å². The molecule has 0 bridgehead atoms. The van der Waals surface area contributed by atoms with Gasteiger partial charge in [0.05, 0.1) is 11.5 Å². The van der Waals surface area contributed by atoms with Gasteiger partial charge in [-0.1, -0.05) is 13.3 Å². The second-order valence-electron chi connectivity index (χ2n) is 3.48. The lowest BCUT2D eigenvalue weighted by Gasteiger charge is -2.22. The standard InChI is InChI=1S/C10H14NO6P/c1-2-3-8-16-18(14,15)17-10-6-4-9(5-7-10)11(12)13/h4-7H,2-3,8H2,1H3,(H,14,15)/p-1. The maximum atomic E-state index is 11.3. The van der Waals surface area contributed by atoms with Gasteiger partial charge in [0.2, 0.25) is 0 Å². The van der Waals surface area contributed by atoms with Gasteiger partial charge in [0.25, 0.3) is 5.69 Å². The zero-order chi connectivity index (χ0) is 13.6. The van der Waals surface area contributed by atoms with Gasteiger partial charge in [0.15, 0.2) is 0 Å². The summed E-state index contributed by atoms with van der Waals surface area (Å²) in [6.45, 7) is 1.96. The fourth-order valence-corrected chi connectivity index (χ4v) is 1.89. The number of non-ortho nitro benzene ring substituents is 1. The van der Waals surface area contributed by atoms with E-state index in [1.54, 1.807) is 0 Å². The average molecular weight is 274 g/mol. The molecule has 100 valence electrons. The van der Waals surface area contributed by atoms with Crippen LogP contribution in [0.3, 0.4) is 0 Å². The van der Waals surface area contributed by atoms with E-state index in [2.05, 4.69) is 9.05 Å². The Morgan fingerprint density at radius 3 is 2.44 bits per heavy atom. The van der Waals surface area contributed by atoms with E-state index >= 15 is 0 Å². The summed E-state index contributed by atoms with van der Waals surface area (Å²) in [5, 5.41) is 10.4. The molecule has 1 aromatic carbocycles. The molecule has 0 N–H and O–H groups in total. The number of unbranched alkanes of at least 4 members (excludes halogenated alkanes) is 1. The van der Waals surface area contributed by atoms with Crippen molar-refractivity contribution in [2.45, 2.75) is 19.8 Å². The molecule has 0 aliphatic carbocycles. The van der Waals surface area contributed by atoms with Gasteiger partial charge in [-0.3, -0.25) is 14.7 Å². The molecule has 18 heavy (non-hydrogen) atoms. The van der Waals surface area contributed by atoms with E-state index in [9.17, 15) is 19.6 Å². The van der Waals surface area contributed by atoms with Gasteiger partial charge in [-0.15, -0.1) is 0 Å². The van der Waals surface area contributed by atoms with Crippen molar-refractivity contribution in [3.8, 4) is 5.75 Å². The lowest BCUT2D eigenvalue weighted by atomic mass is 10.3. The molecule has 0 aromatic heterocycles. The lowest BCUT2D eigenvalue weighted by Crippen LogP contribution is -2.11. The fourth-order valence-electron chi connectivity index (χ4n) is 1.10. The van der Waals surface area contributed by atoms with E-state index in [0.29, 0.717) is 6.42 Å². The summed E-state index contributed by atoms with van der Waals surface area (Å²) < 4.78 is 20.6. The number of nitro groups is 1. The van der Waals surface area contributed by atoms with Crippen LogP contribution in [0.4, 0.5) is 5.69 Å². The highest BCUT2D eigenvalue weighted by atomic mass is 31.2. The molecular formula is C10H13NO6P-. The topological polar surface area (TPSA) is 102 Å². The largest absolute Gasteiger partial charge is 0.746 e. The van der Waals surface area contributed by atoms with Crippen LogP contribution in [0.1, 0.15) is 19.8 Å². The number of benzene rings is 1. The zero-order valence-corrected chi connectivity index (χ0v) is 10.7. The van der Waals surface area contributed by atoms with E-state index in [0.717, 1.165) is 18.6 Å². The van der Waals surface area contributed by atoms with E-state index in [4.69, 9.17) is 0 Å². The average Bonchev–Trinajstić information content (AvgIpc) is 2.29. The Kier molecular flexibility index (Phi) is 5.27. The van der Waals surface area contributed by atoms with Gasteiger partial charge < -0.3 is 13.9 Å². The van der Waals surface area contributed by atoms with Gasteiger partial charge in [0, 0.05) is 12.1 Å². The van der Waals surface area contributed by atoms with Crippen LogP contribution in [0.25, 0.3) is 0 Å². The minimum absolute atomic E-state index is 0.0181. The molecule has 0 heterocycles. The Bertz CT molecular complexity index is 446. The summed E-state index contributed by atoms with van der Waals surface area (Å²) in [4.78, 5) is 21.2. The molecule has 0 saturated carbocycles. The van der Waals surface area contributed by atoms with E-state index in [1.165, 1.54) is 12.1 Å². The quantitative estimate of drug-likeness (QED) is 0.327. The Balaban J connectivity index is 2.60. The molecule has 1 unspecified atom stereocenters. The molecule has 0 saturated heterocycles. The zero-order valence-electron chi connectivity index (χ0n) is 9.77. The van der Waals surface area contributed by atoms with Crippen molar-refractivity contribution in [3.63, 3.8) is 0 Å². The predicted octanol–water partition coefficient (Wildman–Crippen LogP) is 2.26. The van der Waals surface area contributed by atoms with Gasteiger partial charge in [-0.2, -0.15) is 0 Å². The van der Waals surface area contributed by atoms with Crippen LogP contribution in [0, 0.1) is 10.1 Å². The number of phosphoric ester groups is 1. The molecular weight excluding hydrogens is 261 g/mol. The molecule has 0 radical (unpaired) electrons. The molecule has 0 aliphatic rings. The fraction of sp³-hybridized carbons (Fsp3) is 0.400. The van der Waals surface area contributed by atoms with Crippen molar-refractivity contribution >= 4 is 13.5 Å². The summed E-state index contributed by atoms with van der Waals surface area (Å²) in [5.74, 6) is -0.0181. The minimum atomic E-state index is -4.40. The molecule has 8 heteroatoms. The van der Waals surface area contributed by atoms with Gasteiger partial charge >= 0.3 is 7.82 Å². The van der Waals surface area contributed by atoms with Crippen LogP contribution >= 0.6 is 7.82 Å². The molecule has 0 aliphatic heterocycles. The number of phosphoric acid groups is 1. The summed E-state index contributed by atoms with van der Waals surface area (Å²) in [5.41, 5.74) is -0.144. The van der Waals surface area contributed by atoms with Crippen molar-refractivity contribution in [1.29, 1.82) is 0 Å². The molecule has 1 aromatic rings. The van der Waals surface area contributed by atoms with Crippen molar-refractivity contribution < 1.29 is 23.4 Å². The third kappa shape index (κ3) is 4.83. The minimum Gasteiger partial charge on any atom is -0.746 e. The monoisotopic (exact) mass is 274 g/mol. The number of nitro benzene ring substituents is 1. The summed E-state index contributed by atoms with van der Waals surface area (Å²) in [7, 11) is -4.40. The smallest absolute Gasteiger partial charge is 0.319 e. The van der Waals surface area contributed by atoms with Crippen molar-refractivity contribution in [3.05, 3.63) is 34.4 Å². The molecule has 1 rings (SSSR count). The van der Waals surface area contributed by atoms with Crippen molar-refractivity contribution in [1.82, 2.24) is 0 Å². The number of nitrogens with zero attached hydrogens (tertiary/aromatic N) is 1. The molecule has 0 fully saturated rings. The molecule has 7 nitrogen and oxygen atoms in total. The first-order valence-corrected chi connectivity index (χ1v) is 6.80. The third-order valence-corrected chi connectivity index (χ3v) is 2.95. The molecule has 0 spiro atoms. The second-order valence-corrected chi connectivity index (χ2v) is 4.81. The van der Waals surface area contributed by atoms with Crippen LogP contribution in [-0.4, -0.2) is 11.5 Å². The third-order valence-electron chi connectivity index (χ3n) is 2.01. The van der Waals surface area contributed by atoms with Crippen LogP contribution in [0.15, 0.2) is 24.3 Å². The highest BCUT2D eigenvalue weighted by molar-refractivity contribution is 7.46. The van der Waals surface area contributed by atoms with E-state index in [-0.39, 0.29) is 18.0 Å².